The highest BCUT2D eigenvalue weighted by molar-refractivity contribution is 5.24. The molecule has 3 N–H and O–H groups in total. The van der Waals surface area contributed by atoms with Crippen LogP contribution in [-0.4, -0.2) is 29.0 Å². The van der Waals surface area contributed by atoms with Crippen molar-refractivity contribution >= 4 is 0 Å². The Morgan fingerprint density at radius 2 is 2.12 bits per heavy atom. The van der Waals surface area contributed by atoms with E-state index in [1.165, 1.54) is 12.1 Å². The van der Waals surface area contributed by atoms with Gasteiger partial charge in [-0.3, -0.25) is 0 Å². The Hall–Kier alpha value is -1.04. The van der Waals surface area contributed by atoms with E-state index in [0.29, 0.717) is 12.0 Å². The van der Waals surface area contributed by atoms with E-state index in [4.69, 9.17) is 5.11 Å². The standard InChI is InChI=1S/C11H13F2NO2/c12-6-1-2-7(8(13)3-6)9-4-11(16)10(5-15)14-9/h1-3,9-11,14-16H,4-5H2. The minimum absolute atomic E-state index is 0.208. The molecule has 0 aromatic heterocycles. The fourth-order valence-corrected chi connectivity index (χ4v) is 2.02. The van der Waals surface area contributed by atoms with Crippen molar-refractivity contribution in [2.45, 2.75) is 24.6 Å². The Morgan fingerprint density at radius 3 is 2.69 bits per heavy atom. The van der Waals surface area contributed by atoms with Crippen LogP contribution in [0.3, 0.4) is 0 Å². The lowest BCUT2D eigenvalue weighted by molar-refractivity contribution is 0.121. The number of benzene rings is 1. The van der Waals surface area contributed by atoms with Crippen LogP contribution in [0.1, 0.15) is 18.0 Å². The number of halogens is 2. The molecule has 3 atom stereocenters. The zero-order valence-corrected chi connectivity index (χ0v) is 8.53. The molecule has 3 unspecified atom stereocenters. The molecule has 5 heteroatoms. The summed E-state index contributed by atoms with van der Waals surface area (Å²) in [7, 11) is 0. The quantitative estimate of drug-likeness (QED) is 0.700. The summed E-state index contributed by atoms with van der Waals surface area (Å²) in [4.78, 5) is 0. The van der Waals surface area contributed by atoms with Crippen LogP contribution in [0.25, 0.3) is 0 Å². The highest BCUT2D eigenvalue weighted by Crippen LogP contribution is 2.28. The zero-order valence-electron chi connectivity index (χ0n) is 8.53. The van der Waals surface area contributed by atoms with Crippen molar-refractivity contribution in [2.24, 2.45) is 0 Å². The maximum Gasteiger partial charge on any atom is 0.130 e. The van der Waals surface area contributed by atoms with E-state index in [1.54, 1.807) is 0 Å². The van der Waals surface area contributed by atoms with Crippen LogP contribution in [-0.2, 0) is 0 Å². The summed E-state index contributed by atoms with van der Waals surface area (Å²) in [5, 5.41) is 21.4. The molecule has 0 saturated carbocycles. The lowest BCUT2D eigenvalue weighted by atomic mass is 10.0. The van der Waals surface area contributed by atoms with Crippen LogP contribution in [0.15, 0.2) is 18.2 Å². The first-order valence-electron chi connectivity index (χ1n) is 5.11. The molecule has 1 aliphatic rings. The summed E-state index contributed by atoms with van der Waals surface area (Å²) in [5.41, 5.74) is 0.316. The Balaban J connectivity index is 2.20. The maximum absolute atomic E-state index is 13.4. The van der Waals surface area contributed by atoms with Gasteiger partial charge in [0.1, 0.15) is 11.6 Å². The van der Waals surface area contributed by atoms with Gasteiger partial charge in [0.15, 0.2) is 0 Å². The number of rotatable bonds is 2. The first kappa shape index (κ1) is 11.4. The number of hydrogen-bond donors (Lipinski definition) is 3. The molecule has 0 spiro atoms. The minimum atomic E-state index is -0.709. The van der Waals surface area contributed by atoms with Gasteiger partial charge >= 0.3 is 0 Å². The van der Waals surface area contributed by atoms with E-state index in [1.807, 2.05) is 0 Å². The molecule has 2 rings (SSSR count). The van der Waals surface area contributed by atoms with E-state index in [2.05, 4.69) is 5.32 Å². The average Bonchev–Trinajstić information content (AvgIpc) is 2.59. The van der Waals surface area contributed by atoms with Crippen LogP contribution in [0.5, 0.6) is 0 Å². The number of aliphatic hydroxyl groups excluding tert-OH is 2. The van der Waals surface area contributed by atoms with Crippen molar-refractivity contribution in [1.82, 2.24) is 5.32 Å². The zero-order chi connectivity index (χ0) is 11.7. The third-order valence-electron chi connectivity index (χ3n) is 2.89. The molecule has 1 fully saturated rings. The summed E-state index contributed by atoms with van der Waals surface area (Å²) < 4.78 is 26.1. The molecule has 0 aliphatic carbocycles. The number of nitrogens with one attached hydrogen (secondary N) is 1. The van der Waals surface area contributed by atoms with Crippen LogP contribution in [0.2, 0.25) is 0 Å². The van der Waals surface area contributed by atoms with Gasteiger partial charge in [-0.1, -0.05) is 6.07 Å². The van der Waals surface area contributed by atoms with Crippen molar-refractivity contribution in [2.75, 3.05) is 6.61 Å². The number of hydrogen-bond acceptors (Lipinski definition) is 3. The van der Waals surface area contributed by atoms with E-state index >= 15 is 0 Å². The highest BCUT2D eigenvalue weighted by Gasteiger charge is 2.33. The van der Waals surface area contributed by atoms with Gasteiger partial charge in [0.2, 0.25) is 0 Å². The van der Waals surface area contributed by atoms with Gasteiger partial charge in [0.05, 0.1) is 18.8 Å². The Labute approximate surface area is 91.7 Å². The molecule has 1 heterocycles. The summed E-state index contributed by atoms with van der Waals surface area (Å²) in [6.07, 6.45) is -0.396. The van der Waals surface area contributed by atoms with Crippen LogP contribution in [0.4, 0.5) is 8.78 Å². The summed E-state index contributed by atoms with van der Waals surface area (Å²) >= 11 is 0. The van der Waals surface area contributed by atoms with Gasteiger partial charge in [-0.15, -0.1) is 0 Å². The van der Waals surface area contributed by atoms with Gasteiger partial charge < -0.3 is 15.5 Å². The van der Waals surface area contributed by atoms with E-state index in [-0.39, 0.29) is 12.6 Å². The molecule has 1 aromatic carbocycles. The molecule has 1 aliphatic heterocycles. The predicted molar refractivity (Wildman–Crippen MR) is 53.7 cm³/mol. The Morgan fingerprint density at radius 1 is 1.38 bits per heavy atom. The SMILES string of the molecule is OCC1NC(c2ccc(F)cc2F)CC1O. The third-order valence-corrected chi connectivity index (χ3v) is 2.89. The first-order chi connectivity index (χ1) is 7.61. The summed E-state index contributed by atoms with van der Waals surface area (Å²) in [6, 6.07) is 2.52. The largest absolute Gasteiger partial charge is 0.395 e. The molecule has 88 valence electrons. The molecule has 3 nitrogen and oxygen atoms in total. The first-order valence-corrected chi connectivity index (χ1v) is 5.11. The van der Waals surface area contributed by atoms with Crippen molar-refractivity contribution < 1.29 is 19.0 Å². The predicted octanol–water partition coefficient (Wildman–Crippen LogP) is 0.721. The van der Waals surface area contributed by atoms with Crippen molar-refractivity contribution in [3.63, 3.8) is 0 Å². The Bertz CT molecular complexity index is 386. The van der Waals surface area contributed by atoms with E-state index in [9.17, 15) is 13.9 Å². The summed E-state index contributed by atoms with van der Waals surface area (Å²) in [5.74, 6) is -1.26. The Kier molecular flexibility index (Phi) is 3.18. The van der Waals surface area contributed by atoms with Crippen LogP contribution >= 0.6 is 0 Å². The normalized spacial score (nSPS) is 29.6. The maximum atomic E-state index is 13.4. The van der Waals surface area contributed by atoms with Crippen LogP contribution in [0, 0.1) is 11.6 Å². The lowest BCUT2D eigenvalue weighted by Crippen LogP contribution is -2.34. The van der Waals surface area contributed by atoms with Crippen LogP contribution < -0.4 is 5.32 Å². The molecular weight excluding hydrogens is 216 g/mol. The fourth-order valence-electron chi connectivity index (χ4n) is 2.02. The second-order valence-corrected chi connectivity index (χ2v) is 3.98. The van der Waals surface area contributed by atoms with Crippen molar-refractivity contribution in [1.29, 1.82) is 0 Å². The van der Waals surface area contributed by atoms with Crippen molar-refractivity contribution in [3.05, 3.63) is 35.4 Å². The molecule has 0 bridgehead atoms. The minimum Gasteiger partial charge on any atom is -0.395 e. The monoisotopic (exact) mass is 229 g/mol. The second kappa shape index (κ2) is 4.45. The van der Waals surface area contributed by atoms with Gasteiger partial charge in [0, 0.05) is 17.7 Å². The van der Waals surface area contributed by atoms with Gasteiger partial charge in [0.25, 0.3) is 0 Å². The highest BCUT2D eigenvalue weighted by atomic mass is 19.1. The molecular formula is C11H13F2NO2. The fraction of sp³-hybridized carbons (Fsp3) is 0.455. The van der Waals surface area contributed by atoms with E-state index < -0.39 is 23.8 Å². The third kappa shape index (κ3) is 2.07. The summed E-state index contributed by atoms with van der Waals surface area (Å²) in [6.45, 7) is -0.208. The molecule has 1 saturated heterocycles. The van der Waals surface area contributed by atoms with Crippen molar-refractivity contribution in [3.8, 4) is 0 Å². The number of aliphatic hydroxyl groups is 2. The van der Waals surface area contributed by atoms with Gasteiger partial charge in [-0.05, 0) is 12.5 Å². The lowest BCUT2D eigenvalue weighted by Gasteiger charge is -2.13. The molecule has 0 radical (unpaired) electrons. The van der Waals surface area contributed by atoms with E-state index in [0.717, 1.165) is 6.07 Å². The smallest absolute Gasteiger partial charge is 0.130 e. The molecule has 1 aromatic rings. The topological polar surface area (TPSA) is 52.5 Å². The average molecular weight is 229 g/mol. The molecule has 16 heavy (non-hydrogen) atoms. The van der Waals surface area contributed by atoms with Gasteiger partial charge in [-0.25, -0.2) is 8.78 Å². The molecule has 0 amide bonds. The van der Waals surface area contributed by atoms with Gasteiger partial charge in [-0.2, -0.15) is 0 Å². The second-order valence-electron chi connectivity index (χ2n) is 3.98.